The molecule has 1 aliphatic heterocycles. The molecule has 4 atom stereocenters. The zero-order valence-corrected chi connectivity index (χ0v) is 18.6. The van der Waals surface area contributed by atoms with Crippen LogP contribution in [0.4, 0.5) is 4.79 Å². The molecule has 0 saturated carbocycles. The minimum atomic E-state index is -0.916. The first-order chi connectivity index (χ1) is 12.6. The van der Waals surface area contributed by atoms with E-state index in [-0.39, 0.29) is 5.97 Å². The van der Waals surface area contributed by atoms with E-state index < -0.39 is 47.6 Å². The fourth-order valence-corrected chi connectivity index (χ4v) is 2.57. The van der Waals surface area contributed by atoms with E-state index in [9.17, 15) is 14.4 Å². The SMILES string of the molecule is COC(=O)[C@@H](C)[C@@H](C)O.COC(=O)[C@@H]1[C@@H](C)OC(C)(C)N1C(=O)OC(C)(C)C. The molecule has 1 heterocycles. The van der Waals surface area contributed by atoms with Crippen molar-refractivity contribution in [2.45, 2.75) is 85.0 Å². The van der Waals surface area contributed by atoms with Crippen molar-refractivity contribution >= 4 is 18.0 Å². The fraction of sp³-hybridized carbons (Fsp3) is 0.842. The molecule has 9 heteroatoms. The summed E-state index contributed by atoms with van der Waals surface area (Å²) in [5.74, 6) is -1.30. The second kappa shape index (κ2) is 10.1. The van der Waals surface area contributed by atoms with Gasteiger partial charge in [0.2, 0.25) is 0 Å². The lowest BCUT2D eigenvalue weighted by molar-refractivity contribution is -0.148. The lowest BCUT2D eigenvalue weighted by Gasteiger charge is -2.34. The molecular weight excluding hydrogens is 370 g/mol. The highest BCUT2D eigenvalue weighted by Gasteiger charge is 2.53. The quantitative estimate of drug-likeness (QED) is 0.561. The average Bonchev–Trinajstić information content (AvgIpc) is 2.80. The van der Waals surface area contributed by atoms with Crippen LogP contribution in [0, 0.1) is 5.92 Å². The van der Waals surface area contributed by atoms with Crippen LogP contribution in [0.15, 0.2) is 0 Å². The third-order valence-corrected chi connectivity index (χ3v) is 4.11. The molecule has 1 fully saturated rings. The molecule has 28 heavy (non-hydrogen) atoms. The normalized spacial score (nSPS) is 23.0. The van der Waals surface area contributed by atoms with Gasteiger partial charge in [0.15, 0.2) is 6.04 Å². The Hall–Kier alpha value is -1.87. The Labute approximate surface area is 167 Å². The molecule has 0 aromatic carbocycles. The highest BCUT2D eigenvalue weighted by atomic mass is 16.6. The summed E-state index contributed by atoms with van der Waals surface area (Å²) in [7, 11) is 2.59. The number of aliphatic hydroxyl groups is 1. The Morgan fingerprint density at radius 1 is 1.11 bits per heavy atom. The fourth-order valence-electron chi connectivity index (χ4n) is 2.57. The van der Waals surface area contributed by atoms with E-state index in [1.54, 1.807) is 55.4 Å². The molecule has 0 aliphatic carbocycles. The maximum absolute atomic E-state index is 12.3. The first kappa shape index (κ1) is 26.1. The number of carbonyl (C=O) groups is 3. The number of carbonyl (C=O) groups excluding carboxylic acids is 3. The van der Waals surface area contributed by atoms with Gasteiger partial charge in [-0.2, -0.15) is 0 Å². The maximum Gasteiger partial charge on any atom is 0.413 e. The summed E-state index contributed by atoms with van der Waals surface area (Å²) in [6.07, 6.45) is -1.66. The number of ether oxygens (including phenoxy) is 4. The molecule has 0 bridgehead atoms. The van der Waals surface area contributed by atoms with Gasteiger partial charge in [-0.15, -0.1) is 0 Å². The molecule has 1 rings (SSSR count). The van der Waals surface area contributed by atoms with Gasteiger partial charge in [-0.1, -0.05) is 0 Å². The van der Waals surface area contributed by atoms with Gasteiger partial charge in [0, 0.05) is 0 Å². The van der Waals surface area contributed by atoms with Gasteiger partial charge in [0.1, 0.15) is 11.3 Å². The molecule has 1 saturated heterocycles. The smallest absolute Gasteiger partial charge is 0.413 e. The Kier molecular flexibility index (Phi) is 9.39. The molecule has 0 unspecified atom stereocenters. The van der Waals surface area contributed by atoms with E-state index in [4.69, 9.17) is 19.3 Å². The lowest BCUT2D eigenvalue weighted by atomic mass is 10.1. The molecule has 164 valence electrons. The minimum Gasteiger partial charge on any atom is -0.469 e. The Morgan fingerprint density at radius 3 is 1.93 bits per heavy atom. The third-order valence-electron chi connectivity index (χ3n) is 4.11. The number of esters is 2. The van der Waals surface area contributed by atoms with E-state index in [1.165, 1.54) is 19.1 Å². The summed E-state index contributed by atoms with van der Waals surface area (Å²) in [6, 6.07) is -0.796. The van der Waals surface area contributed by atoms with Gasteiger partial charge in [0.25, 0.3) is 0 Å². The molecular formula is C19H35NO8. The van der Waals surface area contributed by atoms with Gasteiger partial charge < -0.3 is 24.1 Å². The van der Waals surface area contributed by atoms with Crippen LogP contribution in [0.3, 0.4) is 0 Å². The maximum atomic E-state index is 12.3. The monoisotopic (exact) mass is 405 g/mol. The predicted molar refractivity (Wildman–Crippen MR) is 101 cm³/mol. The van der Waals surface area contributed by atoms with Crippen LogP contribution in [-0.4, -0.2) is 71.8 Å². The summed E-state index contributed by atoms with van der Waals surface area (Å²) in [4.78, 5) is 36.0. The highest BCUT2D eigenvalue weighted by molar-refractivity contribution is 5.83. The standard InChI is InChI=1S/C13H23NO5.C6H12O3/c1-8-9(10(15)17-7)14(13(5,6)18-8)11(16)19-12(2,3)4;1-4(5(2)7)6(8)9-3/h8-9H,1-7H3;4-5,7H,1-3H3/t8-,9+;4-,5+/m10/s1. The molecule has 1 amide bonds. The second-order valence-corrected chi connectivity index (χ2v) is 8.14. The van der Waals surface area contributed by atoms with Gasteiger partial charge in [-0.3, -0.25) is 9.69 Å². The number of methoxy groups -OCH3 is 2. The van der Waals surface area contributed by atoms with Crippen LogP contribution in [0.1, 0.15) is 55.4 Å². The highest BCUT2D eigenvalue weighted by Crippen LogP contribution is 2.34. The summed E-state index contributed by atoms with van der Waals surface area (Å²) >= 11 is 0. The van der Waals surface area contributed by atoms with Gasteiger partial charge in [0.05, 0.1) is 32.3 Å². The van der Waals surface area contributed by atoms with Crippen molar-refractivity contribution in [3.8, 4) is 0 Å². The van der Waals surface area contributed by atoms with Crippen LogP contribution in [-0.2, 0) is 28.5 Å². The first-order valence-corrected chi connectivity index (χ1v) is 9.12. The number of aliphatic hydroxyl groups excluding tert-OH is 1. The number of amides is 1. The molecule has 1 N–H and O–H groups in total. The molecule has 1 aliphatic rings. The van der Waals surface area contributed by atoms with Crippen molar-refractivity contribution in [1.82, 2.24) is 4.90 Å². The Bertz CT molecular complexity index is 553. The zero-order chi connectivity index (χ0) is 22.4. The van der Waals surface area contributed by atoms with Crippen LogP contribution in [0.5, 0.6) is 0 Å². The molecule has 0 aromatic heterocycles. The predicted octanol–water partition coefficient (Wildman–Crippen LogP) is 2.10. The number of hydrogen-bond donors (Lipinski definition) is 1. The van der Waals surface area contributed by atoms with Crippen molar-refractivity contribution < 1.29 is 38.4 Å². The van der Waals surface area contributed by atoms with Crippen molar-refractivity contribution in [1.29, 1.82) is 0 Å². The number of nitrogens with zero attached hydrogens (tertiary/aromatic N) is 1. The molecule has 0 aromatic rings. The van der Waals surface area contributed by atoms with Crippen molar-refractivity contribution in [3.05, 3.63) is 0 Å². The summed E-state index contributed by atoms with van der Waals surface area (Å²) in [6.45, 7) is 13.7. The summed E-state index contributed by atoms with van der Waals surface area (Å²) in [5.41, 5.74) is -1.56. The number of rotatable bonds is 3. The minimum absolute atomic E-state index is 0.370. The van der Waals surface area contributed by atoms with Crippen molar-refractivity contribution in [3.63, 3.8) is 0 Å². The largest absolute Gasteiger partial charge is 0.469 e. The number of hydrogen-bond acceptors (Lipinski definition) is 8. The van der Waals surface area contributed by atoms with E-state index in [0.29, 0.717) is 0 Å². The summed E-state index contributed by atoms with van der Waals surface area (Å²) in [5, 5.41) is 8.82. The van der Waals surface area contributed by atoms with E-state index in [0.717, 1.165) is 0 Å². The van der Waals surface area contributed by atoms with E-state index >= 15 is 0 Å². The molecule has 0 spiro atoms. The first-order valence-electron chi connectivity index (χ1n) is 9.12. The molecule has 0 radical (unpaired) electrons. The van der Waals surface area contributed by atoms with Crippen LogP contribution in [0.2, 0.25) is 0 Å². The third kappa shape index (κ3) is 7.27. The van der Waals surface area contributed by atoms with Crippen LogP contribution in [0.25, 0.3) is 0 Å². The zero-order valence-electron chi connectivity index (χ0n) is 18.6. The van der Waals surface area contributed by atoms with Gasteiger partial charge in [-0.05, 0) is 55.4 Å². The lowest BCUT2D eigenvalue weighted by Crippen LogP contribution is -2.53. The second-order valence-electron chi connectivity index (χ2n) is 8.14. The van der Waals surface area contributed by atoms with Crippen LogP contribution >= 0.6 is 0 Å². The van der Waals surface area contributed by atoms with Crippen molar-refractivity contribution in [2.75, 3.05) is 14.2 Å². The molecule has 9 nitrogen and oxygen atoms in total. The summed E-state index contributed by atoms with van der Waals surface area (Å²) < 4.78 is 20.1. The van der Waals surface area contributed by atoms with Gasteiger partial charge >= 0.3 is 18.0 Å². The Morgan fingerprint density at radius 2 is 1.61 bits per heavy atom. The van der Waals surface area contributed by atoms with E-state index in [2.05, 4.69) is 4.74 Å². The van der Waals surface area contributed by atoms with Crippen LogP contribution < -0.4 is 0 Å². The van der Waals surface area contributed by atoms with Crippen molar-refractivity contribution in [2.24, 2.45) is 5.92 Å². The van der Waals surface area contributed by atoms with E-state index in [1.807, 2.05) is 0 Å². The average molecular weight is 405 g/mol. The Balaban J connectivity index is 0.000000684. The van der Waals surface area contributed by atoms with Gasteiger partial charge in [-0.25, -0.2) is 9.59 Å². The topological polar surface area (TPSA) is 112 Å².